The van der Waals surface area contributed by atoms with Crippen molar-refractivity contribution >= 4 is 21.9 Å². The highest BCUT2D eigenvalue weighted by Crippen LogP contribution is 2.21. The van der Waals surface area contributed by atoms with Gasteiger partial charge in [0.15, 0.2) is 11.6 Å². The molecule has 0 radical (unpaired) electrons. The number of allylic oxidation sites excluding steroid dienone is 1. The first-order chi connectivity index (χ1) is 8.58. The van der Waals surface area contributed by atoms with Crippen LogP contribution in [0.15, 0.2) is 30.0 Å². The fraction of sp³-hybridized carbons (Fsp3) is 0.250. The van der Waals surface area contributed by atoms with Gasteiger partial charge in [-0.15, -0.1) is 0 Å². The van der Waals surface area contributed by atoms with E-state index in [0.29, 0.717) is 0 Å². The van der Waals surface area contributed by atoms with Crippen molar-refractivity contribution in [3.8, 4) is 5.75 Å². The molecule has 1 aromatic carbocycles. The topological polar surface area (TPSA) is 35.5 Å². The average Bonchev–Trinajstić information content (AvgIpc) is 2.34. The van der Waals surface area contributed by atoms with Crippen molar-refractivity contribution < 1.29 is 23.0 Å². The molecule has 0 fully saturated rings. The fourth-order valence-corrected chi connectivity index (χ4v) is 1.39. The lowest BCUT2D eigenvalue weighted by molar-refractivity contribution is -0.137. The summed E-state index contributed by atoms with van der Waals surface area (Å²) >= 11 is 3.08. The first-order valence-corrected chi connectivity index (χ1v) is 6.25. The molecule has 6 heteroatoms. The average molecular weight is 321 g/mol. The second-order valence-electron chi connectivity index (χ2n) is 3.15. The minimum Gasteiger partial charge on any atom is -0.463 e. The summed E-state index contributed by atoms with van der Waals surface area (Å²) in [6.07, 6.45) is 1.07. The number of alkyl halides is 1. The Morgan fingerprint density at radius 3 is 2.78 bits per heavy atom. The van der Waals surface area contributed by atoms with Crippen molar-refractivity contribution in [3.05, 3.63) is 41.7 Å². The van der Waals surface area contributed by atoms with E-state index in [9.17, 15) is 13.6 Å². The van der Waals surface area contributed by atoms with Gasteiger partial charge in [-0.1, -0.05) is 22.0 Å². The van der Waals surface area contributed by atoms with E-state index in [-0.39, 0.29) is 23.4 Å². The zero-order valence-corrected chi connectivity index (χ0v) is 11.2. The van der Waals surface area contributed by atoms with Gasteiger partial charge in [-0.05, 0) is 19.1 Å². The first-order valence-electron chi connectivity index (χ1n) is 5.13. The van der Waals surface area contributed by atoms with Crippen LogP contribution < -0.4 is 4.74 Å². The molecule has 0 bridgehead atoms. The number of halogens is 3. The third-order valence-electron chi connectivity index (χ3n) is 1.85. The van der Waals surface area contributed by atoms with Crippen LogP contribution in [-0.4, -0.2) is 17.9 Å². The van der Waals surface area contributed by atoms with Crippen molar-refractivity contribution in [1.29, 1.82) is 0 Å². The smallest absolute Gasteiger partial charge is 0.334 e. The number of hydrogen-bond acceptors (Lipinski definition) is 3. The molecular formula is C12H11BrF2O3. The summed E-state index contributed by atoms with van der Waals surface area (Å²) in [6.45, 7) is 1.88. The highest BCUT2D eigenvalue weighted by Gasteiger charge is 2.11. The number of benzene rings is 1. The van der Waals surface area contributed by atoms with Gasteiger partial charge in [0, 0.05) is 0 Å². The molecule has 0 saturated carbocycles. The van der Waals surface area contributed by atoms with Crippen LogP contribution in [-0.2, 0) is 9.53 Å². The van der Waals surface area contributed by atoms with Crippen molar-refractivity contribution in [1.82, 2.24) is 0 Å². The van der Waals surface area contributed by atoms with E-state index in [1.807, 2.05) is 0 Å². The van der Waals surface area contributed by atoms with Gasteiger partial charge in [0.05, 0.1) is 18.0 Å². The normalized spacial score (nSPS) is 11.2. The van der Waals surface area contributed by atoms with E-state index >= 15 is 0 Å². The highest BCUT2D eigenvalue weighted by molar-refractivity contribution is 9.09. The Balaban J connectivity index is 2.86. The molecule has 1 rings (SSSR count). The summed E-state index contributed by atoms with van der Waals surface area (Å²) in [7, 11) is 0. The zero-order valence-electron chi connectivity index (χ0n) is 9.58. The van der Waals surface area contributed by atoms with Gasteiger partial charge >= 0.3 is 5.97 Å². The van der Waals surface area contributed by atoms with Crippen LogP contribution in [0.5, 0.6) is 5.75 Å². The lowest BCUT2D eigenvalue weighted by atomic mass is 10.3. The van der Waals surface area contributed by atoms with Crippen LogP contribution in [0.25, 0.3) is 0 Å². The van der Waals surface area contributed by atoms with Crippen molar-refractivity contribution in [3.63, 3.8) is 0 Å². The van der Waals surface area contributed by atoms with E-state index < -0.39 is 17.6 Å². The molecule has 0 aliphatic carbocycles. The number of esters is 1. The maximum absolute atomic E-state index is 13.3. The molecule has 98 valence electrons. The van der Waals surface area contributed by atoms with Gasteiger partial charge < -0.3 is 9.47 Å². The number of carbonyl (C=O) groups is 1. The number of carbonyl (C=O) groups excluding carboxylic acids is 1. The fourth-order valence-electron chi connectivity index (χ4n) is 1.11. The van der Waals surface area contributed by atoms with E-state index in [4.69, 9.17) is 4.74 Å². The molecule has 0 spiro atoms. The molecule has 0 aromatic heterocycles. The standard InChI is InChI=1S/C12H11BrF2O3/c1-2-17-11(16)6-8(7-13)18-10-5-3-4-9(14)12(10)15/h3-6H,2,7H2,1H3/b8-6-. The van der Waals surface area contributed by atoms with Crippen molar-refractivity contribution in [2.45, 2.75) is 6.92 Å². The van der Waals surface area contributed by atoms with Crippen LogP contribution in [0, 0.1) is 11.6 Å². The Bertz CT molecular complexity index is 461. The van der Waals surface area contributed by atoms with E-state index in [1.54, 1.807) is 6.92 Å². The predicted molar refractivity (Wildman–Crippen MR) is 65.5 cm³/mol. The Hall–Kier alpha value is -1.43. The maximum atomic E-state index is 13.3. The molecule has 0 atom stereocenters. The summed E-state index contributed by atoms with van der Waals surface area (Å²) in [5, 5.41) is 0.168. The Morgan fingerprint density at radius 1 is 1.44 bits per heavy atom. The van der Waals surface area contributed by atoms with Crippen LogP contribution in [0.3, 0.4) is 0 Å². The molecule has 0 aliphatic rings. The lowest BCUT2D eigenvalue weighted by Crippen LogP contribution is -2.06. The minimum absolute atomic E-state index is 0.123. The molecule has 18 heavy (non-hydrogen) atoms. The third kappa shape index (κ3) is 4.10. The van der Waals surface area contributed by atoms with Gasteiger partial charge in [0.2, 0.25) is 5.82 Å². The summed E-state index contributed by atoms with van der Waals surface area (Å²) in [6, 6.07) is 3.55. The molecular weight excluding hydrogens is 310 g/mol. The van der Waals surface area contributed by atoms with Crippen LogP contribution in [0.1, 0.15) is 6.92 Å². The quantitative estimate of drug-likeness (QED) is 0.362. The molecule has 0 aliphatic heterocycles. The molecule has 0 amide bonds. The van der Waals surface area contributed by atoms with Crippen molar-refractivity contribution in [2.75, 3.05) is 11.9 Å². The Kier molecular flexibility index (Phi) is 5.77. The third-order valence-corrected chi connectivity index (χ3v) is 2.41. The lowest BCUT2D eigenvalue weighted by Gasteiger charge is -2.08. The van der Waals surface area contributed by atoms with Gasteiger partial charge in [0.25, 0.3) is 0 Å². The minimum atomic E-state index is -1.10. The van der Waals surface area contributed by atoms with Gasteiger partial charge in [0.1, 0.15) is 5.76 Å². The predicted octanol–water partition coefficient (Wildman–Crippen LogP) is 3.19. The van der Waals surface area contributed by atoms with Crippen LogP contribution in [0.2, 0.25) is 0 Å². The zero-order chi connectivity index (χ0) is 13.5. The Labute approximate surface area is 112 Å². The van der Waals surface area contributed by atoms with Gasteiger partial charge in [-0.2, -0.15) is 4.39 Å². The molecule has 3 nitrogen and oxygen atoms in total. The Morgan fingerprint density at radius 2 is 2.17 bits per heavy atom. The first kappa shape index (κ1) is 14.6. The second kappa shape index (κ2) is 7.10. The second-order valence-corrected chi connectivity index (χ2v) is 3.71. The van der Waals surface area contributed by atoms with Gasteiger partial charge in [-0.25, -0.2) is 9.18 Å². The van der Waals surface area contributed by atoms with E-state index in [2.05, 4.69) is 20.7 Å². The van der Waals surface area contributed by atoms with Crippen LogP contribution >= 0.6 is 15.9 Å². The molecule has 0 heterocycles. The SMILES string of the molecule is CCOC(=O)/C=C(/CBr)Oc1cccc(F)c1F. The maximum Gasteiger partial charge on any atom is 0.334 e. The molecule has 0 saturated heterocycles. The summed E-state index contributed by atoms with van der Waals surface area (Å²) < 4.78 is 36.0. The molecule has 1 aromatic rings. The summed E-state index contributed by atoms with van der Waals surface area (Å²) in [5.41, 5.74) is 0. The largest absolute Gasteiger partial charge is 0.463 e. The van der Waals surface area contributed by atoms with Crippen LogP contribution in [0.4, 0.5) is 8.78 Å². The monoisotopic (exact) mass is 320 g/mol. The number of rotatable bonds is 5. The van der Waals surface area contributed by atoms with Crippen molar-refractivity contribution in [2.24, 2.45) is 0 Å². The number of ether oxygens (including phenoxy) is 2. The molecule has 0 N–H and O–H groups in total. The summed E-state index contributed by atoms with van der Waals surface area (Å²) in [5.74, 6) is -2.89. The number of hydrogen-bond donors (Lipinski definition) is 0. The summed E-state index contributed by atoms with van der Waals surface area (Å²) in [4.78, 5) is 11.2. The van der Waals surface area contributed by atoms with E-state index in [0.717, 1.165) is 12.1 Å². The highest BCUT2D eigenvalue weighted by atomic mass is 79.9. The van der Waals surface area contributed by atoms with Gasteiger partial charge in [-0.3, -0.25) is 0 Å². The molecule has 0 unspecified atom stereocenters. The van der Waals surface area contributed by atoms with E-state index in [1.165, 1.54) is 12.1 Å².